The molecule has 1 amide bonds. The molecule has 0 radical (unpaired) electrons. The van der Waals surface area contributed by atoms with Crippen LogP contribution in [0, 0.1) is 0 Å². The Balaban J connectivity index is 2.66. The van der Waals surface area contributed by atoms with E-state index in [1.807, 2.05) is 6.92 Å². The molecule has 0 saturated heterocycles. The molecule has 0 aromatic heterocycles. The molecular weight excluding hydrogens is 244 g/mol. The molecule has 1 aromatic rings. The zero-order valence-corrected chi connectivity index (χ0v) is 11.9. The lowest BCUT2D eigenvalue weighted by molar-refractivity contribution is -0.115. The number of nitrogens with one attached hydrogen (secondary N) is 2. The summed E-state index contributed by atoms with van der Waals surface area (Å²) in [5, 5.41) is 5.94. The number of carbonyl (C=O) groups is 1. The van der Waals surface area contributed by atoms with E-state index in [0.29, 0.717) is 23.2 Å². The van der Waals surface area contributed by atoms with Crippen LogP contribution in [0.2, 0.25) is 0 Å². The first-order valence-electron chi connectivity index (χ1n) is 6.36. The molecule has 1 unspecified atom stereocenters. The van der Waals surface area contributed by atoms with Gasteiger partial charge in [-0.1, -0.05) is 6.92 Å². The topological polar surface area (TPSA) is 59.6 Å². The van der Waals surface area contributed by atoms with Gasteiger partial charge in [0.1, 0.15) is 11.5 Å². The van der Waals surface area contributed by atoms with E-state index in [4.69, 9.17) is 9.47 Å². The summed E-state index contributed by atoms with van der Waals surface area (Å²) in [6.07, 6.45) is 0.982. The monoisotopic (exact) mass is 266 g/mol. The lowest BCUT2D eigenvalue weighted by Crippen LogP contribution is -2.34. The lowest BCUT2D eigenvalue weighted by atomic mass is 10.2. The van der Waals surface area contributed by atoms with E-state index in [1.54, 1.807) is 32.4 Å². The average Bonchev–Trinajstić information content (AvgIpc) is 2.44. The highest BCUT2D eigenvalue weighted by molar-refractivity contribution is 5.94. The van der Waals surface area contributed by atoms with Gasteiger partial charge in [0.15, 0.2) is 0 Å². The number of hydrogen-bond donors (Lipinski definition) is 2. The molecule has 0 saturated carbocycles. The van der Waals surface area contributed by atoms with Gasteiger partial charge in [-0.2, -0.15) is 0 Å². The van der Waals surface area contributed by atoms with E-state index in [-0.39, 0.29) is 12.5 Å². The second-order valence-corrected chi connectivity index (χ2v) is 4.30. The molecule has 0 aliphatic heterocycles. The second kappa shape index (κ2) is 7.63. The van der Waals surface area contributed by atoms with Crippen LogP contribution in [0.25, 0.3) is 0 Å². The van der Waals surface area contributed by atoms with Crippen molar-refractivity contribution in [2.24, 2.45) is 0 Å². The molecular formula is C14H22N2O3. The van der Waals surface area contributed by atoms with Crippen molar-refractivity contribution < 1.29 is 14.3 Å². The highest BCUT2D eigenvalue weighted by Gasteiger charge is 2.09. The highest BCUT2D eigenvalue weighted by Crippen LogP contribution is 2.28. The van der Waals surface area contributed by atoms with E-state index >= 15 is 0 Å². The minimum Gasteiger partial charge on any atom is -0.497 e. The van der Waals surface area contributed by atoms with E-state index in [2.05, 4.69) is 17.6 Å². The van der Waals surface area contributed by atoms with Gasteiger partial charge in [-0.15, -0.1) is 0 Å². The number of anilines is 1. The molecule has 0 aliphatic carbocycles. The Morgan fingerprint density at radius 3 is 2.63 bits per heavy atom. The number of amides is 1. The first-order chi connectivity index (χ1) is 9.10. The molecule has 1 aromatic carbocycles. The molecule has 5 nitrogen and oxygen atoms in total. The van der Waals surface area contributed by atoms with Crippen molar-refractivity contribution in [3.05, 3.63) is 18.2 Å². The fourth-order valence-electron chi connectivity index (χ4n) is 1.52. The van der Waals surface area contributed by atoms with Crippen molar-refractivity contribution in [3.8, 4) is 11.5 Å². The Hall–Kier alpha value is -1.75. The molecule has 2 N–H and O–H groups in total. The van der Waals surface area contributed by atoms with Gasteiger partial charge >= 0.3 is 0 Å². The van der Waals surface area contributed by atoms with Crippen molar-refractivity contribution in [3.63, 3.8) is 0 Å². The zero-order chi connectivity index (χ0) is 14.3. The predicted molar refractivity (Wildman–Crippen MR) is 75.9 cm³/mol. The van der Waals surface area contributed by atoms with Crippen molar-refractivity contribution in [1.29, 1.82) is 0 Å². The van der Waals surface area contributed by atoms with Crippen LogP contribution in [0.5, 0.6) is 11.5 Å². The molecule has 19 heavy (non-hydrogen) atoms. The lowest BCUT2D eigenvalue weighted by Gasteiger charge is -2.14. The Labute approximate surface area is 114 Å². The van der Waals surface area contributed by atoms with Crippen molar-refractivity contribution in [2.75, 3.05) is 26.1 Å². The third-order valence-corrected chi connectivity index (χ3v) is 2.90. The second-order valence-electron chi connectivity index (χ2n) is 4.30. The fourth-order valence-corrected chi connectivity index (χ4v) is 1.52. The average molecular weight is 266 g/mol. The van der Waals surface area contributed by atoms with Crippen LogP contribution >= 0.6 is 0 Å². The summed E-state index contributed by atoms with van der Waals surface area (Å²) < 4.78 is 10.3. The first-order valence-corrected chi connectivity index (χ1v) is 6.36. The van der Waals surface area contributed by atoms with E-state index in [9.17, 15) is 4.79 Å². The third kappa shape index (κ3) is 4.79. The summed E-state index contributed by atoms with van der Waals surface area (Å²) in [5.41, 5.74) is 0.609. The number of methoxy groups -OCH3 is 2. The normalized spacial score (nSPS) is 11.8. The van der Waals surface area contributed by atoms with E-state index in [1.165, 1.54) is 0 Å². The van der Waals surface area contributed by atoms with Gasteiger partial charge in [-0.3, -0.25) is 4.79 Å². The van der Waals surface area contributed by atoms with Gasteiger partial charge in [-0.25, -0.2) is 0 Å². The number of rotatable bonds is 7. The Kier molecular flexibility index (Phi) is 6.15. The number of ether oxygens (including phenoxy) is 2. The van der Waals surface area contributed by atoms with Crippen LogP contribution in [0.4, 0.5) is 5.69 Å². The molecule has 5 heteroatoms. The molecule has 106 valence electrons. The molecule has 0 bridgehead atoms. The summed E-state index contributed by atoms with van der Waals surface area (Å²) in [6, 6.07) is 5.60. The van der Waals surface area contributed by atoms with Crippen LogP contribution < -0.4 is 20.1 Å². The third-order valence-electron chi connectivity index (χ3n) is 2.90. The van der Waals surface area contributed by atoms with Gasteiger partial charge < -0.3 is 20.1 Å². The van der Waals surface area contributed by atoms with E-state index in [0.717, 1.165) is 6.42 Å². The Morgan fingerprint density at radius 2 is 2.05 bits per heavy atom. The summed E-state index contributed by atoms with van der Waals surface area (Å²) >= 11 is 0. The van der Waals surface area contributed by atoms with Crippen LogP contribution in [0.1, 0.15) is 20.3 Å². The van der Waals surface area contributed by atoms with E-state index < -0.39 is 0 Å². The summed E-state index contributed by atoms with van der Waals surface area (Å²) in [5.74, 6) is 1.18. The van der Waals surface area contributed by atoms with Crippen LogP contribution in [0.15, 0.2) is 18.2 Å². The van der Waals surface area contributed by atoms with Crippen molar-refractivity contribution in [2.45, 2.75) is 26.3 Å². The van der Waals surface area contributed by atoms with Crippen molar-refractivity contribution in [1.82, 2.24) is 5.32 Å². The molecule has 0 spiro atoms. The maximum absolute atomic E-state index is 11.8. The Morgan fingerprint density at radius 1 is 1.32 bits per heavy atom. The summed E-state index contributed by atoms with van der Waals surface area (Å²) in [4.78, 5) is 11.8. The highest BCUT2D eigenvalue weighted by atomic mass is 16.5. The Bertz CT molecular complexity index is 421. The maximum Gasteiger partial charge on any atom is 0.238 e. The molecule has 0 aliphatic rings. The summed E-state index contributed by atoms with van der Waals surface area (Å²) in [7, 11) is 3.15. The van der Waals surface area contributed by atoms with Crippen LogP contribution in [-0.2, 0) is 4.79 Å². The van der Waals surface area contributed by atoms with Crippen LogP contribution in [0.3, 0.4) is 0 Å². The number of benzene rings is 1. The largest absolute Gasteiger partial charge is 0.497 e. The van der Waals surface area contributed by atoms with Crippen molar-refractivity contribution >= 4 is 11.6 Å². The minimum atomic E-state index is -0.105. The van der Waals surface area contributed by atoms with Gasteiger partial charge in [-0.05, 0) is 25.5 Å². The fraction of sp³-hybridized carbons (Fsp3) is 0.500. The minimum absolute atomic E-state index is 0.105. The molecule has 0 fully saturated rings. The molecule has 0 heterocycles. The summed E-state index contributed by atoms with van der Waals surface area (Å²) in [6.45, 7) is 4.38. The number of hydrogen-bond acceptors (Lipinski definition) is 4. The smallest absolute Gasteiger partial charge is 0.238 e. The molecule has 1 atom stereocenters. The van der Waals surface area contributed by atoms with Gasteiger partial charge in [0, 0.05) is 12.1 Å². The quantitative estimate of drug-likeness (QED) is 0.793. The maximum atomic E-state index is 11.8. The molecule has 1 rings (SSSR count). The van der Waals surface area contributed by atoms with Gasteiger partial charge in [0.2, 0.25) is 5.91 Å². The number of carbonyl (C=O) groups excluding carboxylic acids is 1. The first kappa shape index (κ1) is 15.3. The van der Waals surface area contributed by atoms with Gasteiger partial charge in [0.05, 0.1) is 26.5 Å². The zero-order valence-electron chi connectivity index (χ0n) is 11.9. The predicted octanol–water partition coefficient (Wildman–Crippen LogP) is 2.03. The van der Waals surface area contributed by atoms with Gasteiger partial charge in [0.25, 0.3) is 0 Å². The van der Waals surface area contributed by atoms with Crippen LogP contribution in [-0.4, -0.2) is 32.7 Å². The SMILES string of the molecule is CCC(C)NCC(=O)Nc1cc(OC)ccc1OC. The standard InChI is InChI=1S/C14H22N2O3/c1-5-10(2)15-9-14(17)16-12-8-11(18-3)6-7-13(12)19-4/h6-8,10,15H,5,9H2,1-4H3,(H,16,17).